The standard InChI is InChI=1S/C34H31Cl2F2N5O6/c1-5-49-33(46)17-13-43(14-17)24-11-6-16-12-23(40-31(48-4)25(16)24)18-7-8-20(37)26(28(18)35)27-21(38)9-10-22(29(27)36)39-30(44)19-15-41(2)34(47)42(3)32(19)45/h7-10,12,15,17,24H,5-6,11,13-14H2,1-4H3,(H,39,44)/t24-/m1/s1. The van der Waals surface area contributed by atoms with Crippen LogP contribution in [0.15, 0.2) is 46.1 Å². The fraction of sp³-hybridized carbons (Fsp3) is 0.324. The summed E-state index contributed by atoms with van der Waals surface area (Å²) >= 11 is 13.4. The lowest BCUT2D eigenvalue weighted by molar-refractivity contribution is -0.155. The summed E-state index contributed by atoms with van der Waals surface area (Å²) in [5.74, 6) is -2.75. The third kappa shape index (κ3) is 6.00. The van der Waals surface area contributed by atoms with E-state index in [0.29, 0.717) is 37.7 Å². The number of halogens is 4. The van der Waals surface area contributed by atoms with Crippen molar-refractivity contribution in [1.29, 1.82) is 0 Å². The first-order valence-electron chi connectivity index (χ1n) is 15.4. The van der Waals surface area contributed by atoms with Gasteiger partial charge in [-0.15, -0.1) is 0 Å². The van der Waals surface area contributed by atoms with Gasteiger partial charge in [-0.2, -0.15) is 0 Å². The van der Waals surface area contributed by atoms with Crippen LogP contribution in [0, 0.1) is 17.6 Å². The Balaban J connectivity index is 1.35. The Morgan fingerprint density at radius 1 is 1.04 bits per heavy atom. The van der Waals surface area contributed by atoms with Crippen LogP contribution < -0.4 is 21.3 Å². The van der Waals surface area contributed by atoms with Gasteiger partial charge in [-0.3, -0.25) is 23.9 Å². The minimum Gasteiger partial charge on any atom is -0.481 e. The molecule has 0 radical (unpaired) electrons. The number of rotatable bonds is 8. The van der Waals surface area contributed by atoms with Gasteiger partial charge in [0.25, 0.3) is 11.5 Å². The van der Waals surface area contributed by atoms with Crippen molar-refractivity contribution in [1.82, 2.24) is 19.0 Å². The fourth-order valence-electron chi connectivity index (χ4n) is 6.43. The molecule has 1 aliphatic heterocycles. The van der Waals surface area contributed by atoms with Gasteiger partial charge in [-0.05, 0) is 55.7 Å². The maximum atomic E-state index is 15.6. The number of anilines is 1. The van der Waals surface area contributed by atoms with Gasteiger partial charge in [0.2, 0.25) is 5.88 Å². The molecule has 3 heterocycles. The Morgan fingerprint density at radius 3 is 2.39 bits per heavy atom. The largest absolute Gasteiger partial charge is 0.481 e. The van der Waals surface area contributed by atoms with Crippen molar-refractivity contribution in [2.75, 3.05) is 32.1 Å². The number of fused-ring (bicyclic) bond motifs is 1. The van der Waals surface area contributed by atoms with E-state index in [0.717, 1.165) is 51.1 Å². The molecule has 1 aliphatic carbocycles. The highest BCUT2D eigenvalue weighted by atomic mass is 35.5. The summed E-state index contributed by atoms with van der Waals surface area (Å²) < 4.78 is 43.7. The van der Waals surface area contributed by atoms with Crippen LogP contribution in [-0.2, 0) is 30.0 Å². The maximum absolute atomic E-state index is 15.6. The summed E-state index contributed by atoms with van der Waals surface area (Å²) in [5, 5.41) is 1.90. The topological polar surface area (TPSA) is 125 Å². The molecule has 15 heteroatoms. The smallest absolute Gasteiger partial charge is 0.330 e. The van der Waals surface area contributed by atoms with Gasteiger partial charge in [0.05, 0.1) is 41.1 Å². The molecule has 2 aliphatic rings. The van der Waals surface area contributed by atoms with Gasteiger partial charge in [-0.25, -0.2) is 18.6 Å². The maximum Gasteiger partial charge on any atom is 0.330 e. The van der Waals surface area contributed by atoms with Crippen LogP contribution in [0.25, 0.3) is 22.4 Å². The van der Waals surface area contributed by atoms with Crippen molar-refractivity contribution in [3.63, 3.8) is 0 Å². The monoisotopic (exact) mass is 713 g/mol. The van der Waals surface area contributed by atoms with E-state index >= 15 is 8.78 Å². The summed E-state index contributed by atoms with van der Waals surface area (Å²) in [6.45, 7) is 3.23. The molecule has 0 spiro atoms. The molecule has 6 rings (SSSR count). The average Bonchev–Trinajstić information content (AvgIpc) is 3.47. The molecule has 0 unspecified atom stereocenters. The van der Waals surface area contributed by atoms with Gasteiger partial charge >= 0.3 is 11.7 Å². The lowest BCUT2D eigenvalue weighted by atomic mass is 9.95. The Labute approximate surface area is 289 Å². The van der Waals surface area contributed by atoms with E-state index in [2.05, 4.69) is 10.2 Å². The second-order valence-corrected chi connectivity index (χ2v) is 12.6. The number of pyridine rings is 1. The summed E-state index contributed by atoms with van der Waals surface area (Å²) in [5.41, 5.74) is -0.262. The lowest BCUT2D eigenvalue weighted by Gasteiger charge is -2.42. The molecule has 1 saturated heterocycles. The average molecular weight is 715 g/mol. The quantitative estimate of drug-likeness (QED) is 0.249. The fourth-order valence-corrected chi connectivity index (χ4v) is 7.07. The van der Waals surface area contributed by atoms with E-state index in [1.54, 1.807) is 6.92 Å². The predicted molar refractivity (Wildman–Crippen MR) is 179 cm³/mol. The molecule has 256 valence electrons. The summed E-state index contributed by atoms with van der Waals surface area (Å²) in [6.07, 6.45) is 2.54. The highest BCUT2D eigenvalue weighted by Gasteiger charge is 2.42. The van der Waals surface area contributed by atoms with E-state index < -0.39 is 34.4 Å². The van der Waals surface area contributed by atoms with Crippen LogP contribution in [0.3, 0.4) is 0 Å². The first-order valence-corrected chi connectivity index (χ1v) is 16.1. The molecule has 0 bridgehead atoms. The number of likely N-dealkylation sites (tertiary alicyclic amines) is 1. The number of methoxy groups -OCH3 is 1. The number of amides is 1. The number of esters is 1. The molecule has 1 amide bonds. The molecule has 49 heavy (non-hydrogen) atoms. The van der Waals surface area contributed by atoms with Crippen LogP contribution in [0.4, 0.5) is 14.5 Å². The number of hydrogen-bond donors (Lipinski definition) is 1. The third-order valence-corrected chi connectivity index (χ3v) is 9.73. The SMILES string of the molecule is CCOC(=O)C1CN([C@@H]2CCc3cc(-c4ccc(F)c(-c5c(F)ccc(NC(=O)c6cn(C)c(=O)n(C)c6=O)c5Cl)c4Cl)nc(OC)c32)C1. The molecule has 1 atom stereocenters. The number of ether oxygens (including phenoxy) is 2. The molecule has 2 aromatic heterocycles. The highest BCUT2D eigenvalue weighted by molar-refractivity contribution is 6.39. The molecule has 4 aromatic rings. The molecule has 2 aromatic carbocycles. The zero-order chi connectivity index (χ0) is 35.3. The van der Waals surface area contributed by atoms with Crippen LogP contribution in [0.2, 0.25) is 10.0 Å². The van der Waals surface area contributed by atoms with E-state index in [1.165, 1.54) is 27.3 Å². The molecule has 1 fully saturated rings. The van der Waals surface area contributed by atoms with Crippen molar-refractivity contribution in [3.05, 3.63) is 95.7 Å². The number of hydrogen-bond acceptors (Lipinski definition) is 8. The Morgan fingerprint density at radius 2 is 1.71 bits per heavy atom. The summed E-state index contributed by atoms with van der Waals surface area (Å²) in [6, 6.07) is 6.52. The zero-order valence-electron chi connectivity index (χ0n) is 26.9. The van der Waals surface area contributed by atoms with Gasteiger partial charge in [0, 0.05) is 61.7 Å². The van der Waals surface area contributed by atoms with Crippen molar-refractivity contribution >= 4 is 40.8 Å². The number of aryl methyl sites for hydroxylation is 2. The molecular weight excluding hydrogens is 683 g/mol. The highest BCUT2D eigenvalue weighted by Crippen LogP contribution is 2.47. The Hall–Kier alpha value is -4.59. The Kier molecular flexibility index (Phi) is 9.36. The minimum absolute atomic E-state index is 0.0109. The van der Waals surface area contributed by atoms with Crippen LogP contribution >= 0.6 is 23.2 Å². The normalized spacial score (nSPS) is 15.9. The predicted octanol–water partition coefficient (Wildman–Crippen LogP) is 5.14. The first kappa shape index (κ1) is 34.3. The van der Waals surface area contributed by atoms with Crippen molar-refractivity contribution < 1.29 is 27.8 Å². The minimum atomic E-state index is -0.919. The first-order chi connectivity index (χ1) is 23.4. The summed E-state index contributed by atoms with van der Waals surface area (Å²) in [4.78, 5) is 56.8. The second-order valence-electron chi connectivity index (χ2n) is 11.9. The second kappa shape index (κ2) is 13.4. The van der Waals surface area contributed by atoms with Crippen molar-refractivity contribution in [2.24, 2.45) is 20.0 Å². The number of carbonyl (C=O) groups excluding carboxylic acids is 2. The van der Waals surface area contributed by atoms with Crippen molar-refractivity contribution in [2.45, 2.75) is 25.8 Å². The van der Waals surface area contributed by atoms with E-state index in [9.17, 15) is 19.2 Å². The third-order valence-electron chi connectivity index (χ3n) is 8.94. The molecular formula is C34H31Cl2F2N5O6. The molecule has 0 saturated carbocycles. The molecule has 1 N–H and O–H groups in total. The number of aromatic nitrogens is 3. The van der Waals surface area contributed by atoms with Gasteiger partial charge in [-0.1, -0.05) is 23.2 Å². The number of nitrogens with one attached hydrogen (secondary N) is 1. The van der Waals surface area contributed by atoms with E-state index in [-0.39, 0.29) is 50.4 Å². The number of nitrogens with zero attached hydrogens (tertiary/aromatic N) is 4. The van der Waals surface area contributed by atoms with Crippen LogP contribution in [0.1, 0.15) is 40.9 Å². The lowest BCUT2D eigenvalue weighted by Crippen LogP contribution is -2.51. The van der Waals surface area contributed by atoms with Crippen LogP contribution in [-0.4, -0.2) is 57.7 Å². The van der Waals surface area contributed by atoms with Crippen molar-refractivity contribution in [3.8, 4) is 28.3 Å². The summed E-state index contributed by atoms with van der Waals surface area (Å²) in [7, 11) is 4.09. The zero-order valence-corrected chi connectivity index (χ0v) is 28.4. The Bertz CT molecular complexity index is 2150. The van der Waals surface area contributed by atoms with Crippen LogP contribution in [0.5, 0.6) is 5.88 Å². The number of carbonyl (C=O) groups is 2. The van der Waals surface area contributed by atoms with Gasteiger partial charge in [0.1, 0.15) is 17.2 Å². The van der Waals surface area contributed by atoms with E-state index in [4.69, 9.17) is 37.7 Å². The van der Waals surface area contributed by atoms with Gasteiger partial charge in [0.15, 0.2) is 0 Å². The van der Waals surface area contributed by atoms with Gasteiger partial charge < -0.3 is 19.4 Å². The molecule has 11 nitrogen and oxygen atoms in total. The number of benzene rings is 2. The van der Waals surface area contributed by atoms with E-state index in [1.807, 2.05) is 6.07 Å².